The van der Waals surface area contributed by atoms with Gasteiger partial charge in [-0.05, 0) is 56.7 Å². The zero-order valence-electron chi connectivity index (χ0n) is 20.8. The molecule has 190 valence electrons. The number of methoxy groups -OCH3 is 1. The maximum atomic E-state index is 12.6. The van der Waals surface area contributed by atoms with Gasteiger partial charge in [-0.15, -0.1) is 0 Å². The Bertz CT molecular complexity index is 1270. The number of aromatic nitrogens is 2. The number of amides is 1. The number of ether oxygens (including phenoxy) is 1. The van der Waals surface area contributed by atoms with Crippen molar-refractivity contribution in [3.63, 3.8) is 0 Å². The number of benzene rings is 2. The molecule has 8 heteroatoms. The van der Waals surface area contributed by atoms with Crippen LogP contribution in [0.3, 0.4) is 0 Å². The molecule has 0 radical (unpaired) electrons. The van der Waals surface area contributed by atoms with Crippen LogP contribution < -0.4 is 4.90 Å². The Morgan fingerprint density at radius 1 is 1.14 bits per heavy atom. The van der Waals surface area contributed by atoms with Gasteiger partial charge in [0.05, 0.1) is 42.3 Å². The number of hydrogen-bond donors (Lipinski definition) is 2. The summed E-state index contributed by atoms with van der Waals surface area (Å²) in [5.74, 6) is -0.760. The molecule has 2 aliphatic rings. The third-order valence-corrected chi connectivity index (χ3v) is 7.91. The topological polar surface area (TPSA) is 105 Å². The summed E-state index contributed by atoms with van der Waals surface area (Å²) in [6.45, 7) is 1.90. The van der Waals surface area contributed by atoms with Gasteiger partial charge in [0.1, 0.15) is 5.82 Å². The van der Waals surface area contributed by atoms with Crippen molar-refractivity contribution in [3.8, 4) is 0 Å². The summed E-state index contributed by atoms with van der Waals surface area (Å²) < 4.78 is 7.25. The van der Waals surface area contributed by atoms with Gasteiger partial charge in [0.25, 0.3) is 0 Å². The molecule has 0 unspecified atom stereocenters. The highest BCUT2D eigenvalue weighted by molar-refractivity contribution is 5.95. The summed E-state index contributed by atoms with van der Waals surface area (Å²) >= 11 is 0. The fourth-order valence-corrected chi connectivity index (χ4v) is 6.07. The van der Waals surface area contributed by atoms with Gasteiger partial charge >= 0.3 is 12.1 Å². The summed E-state index contributed by atoms with van der Waals surface area (Å²) in [6, 6.07) is 13.7. The van der Waals surface area contributed by atoms with Gasteiger partial charge in [-0.25, -0.2) is 9.78 Å². The molecule has 8 nitrogen and oxygen atoms in total. The molecule has 5 rings (SSSR count). The van der Waals surface area contributed by atoms with E-state index in [2.05, 4.69) is 4.57 Å². The van der Waals surface area contributed by atoms with Crippen molar-refractivity contribution in [2.45, 2.75) is 63.5 Å². The van der Waals surface area contributed by atoms with Gasteiger partial charge in [0.15, 0.2) is 0 Å². The summed E-state index contributed by atoms with van der Waals surface area (Å²) in [4.78, 5) is 31.3. The summed E-state index contributed by atoms with van der Waals surface area (Å²) in [5, 5.41) is 20.3. The molecule has 1 amide bonds. The molecule has 2 N–H and O–H groups in total. The highest BCUT2D eigenvalue weighted by Gasteiger charge is 2.35. The third-order valence-electron chi connectivity index (χ3n) is 7.91. The monoisotopic (exact) mass is 491 g/mol. The number of carbonyl (C=O) groups is 2. The van der Waals surface area contributed by atoms with E-state index in [-0.39, 0.29) is 24.6 Å². The van der Waals surface area contributed by atoms with Crippen molar-refractivity contribution in [1.29, 1.82) is 0 Å². The van der Waals surface area contributed by atoms with Crippen molar-refractivity contribution in [2.75, 3.05) is 18.6 Å². The highest BCUT2D eigenvalue weighted by atomic mass is 16.5. The molecule has 2 heterocycles. The van der Waals surface area contributed by atoms with E-state index >= 15 is 0 Å². The van der Waals surface area contributed by atoms with Crippen LogP contribution >= 0.6 is 0 Å². The number of aliphatic carboxylic acids is 1. The van der Waals surface area contributed by atoms with Crippen LogP contribution in [0.2, 0.25) is 0 Å². The van der Waals surface area contributed by atoms with Crippen LogP contribution in [-0.4, -0.2) is 51.6 Å². The Balaban J connectivity index is 1.71. The largest absolute Gasteiger partial charge is 0.481 e. The zero-order chi connectivity index (χ0) is 25.4. The number of imidazole rings is 1. The molecule has 36 heavy (non-hydrogen) atoms. The smallest absolute Gasteiger partial charge is 0.414 e. The fourth-order valence-electron chi connectivity index (χ4n) is 6.07. The zero-order valence-corrected chi connectivity index (χ0v) is 20.8. The third kappa shape index (κ3) is 4.13. The molecular weight excluding hydrogens is 458 g/mol. The normalized spacial score (nSPS) is 22.8. The minimum absolute atomic E-state index is 0.00753. The lowest BCUT2D eigenvalue weighted by atomic mass is 9.85. The predicted molar refractivity (Wildman–Crippen MR) is 136 cm³/mol. The molecule has 2 aromatic carbocycles. The SMILES string of the molecule is COC(=O)N1c2ccc3c(nc([C@@H](CO)c4ccccc4)n3[C@@H]3CCC[C@@H](C(=O)O)C3)c2CC[C@@H]1C. The first-order valence-electron chi connectivity index (χ1n) is 12.7. The minimum atomic E-state index is -0.757. The van der Waals surface area contributed by atoms with Crippen molar-refractivity contribution in [3.05, 3.63) is 59.4 Å². The Morgan fingerprint density at radius 2 is 1.92 bits per heavy atom. The molecule has 3 aromatic rings. The lowest BCUT2D eigenvalue weighted by Crippen LogP contribution is -2.42. The number of rotatable bonds is 5. The molecule has 0 bridgehead atoms. The van der Waals surface area contributed by atoms with Crippen LogP contribution in [0.25, 0.3) is 11.0 Å². The lowest BCUT2D eigenvalue weighted by Gasteiger charge is -2.34. The van der Waals surface area contributed by atoms with Gasteiger partial charge in [0.2, 0.25) is 0 Å². The summed E-state index contributed by atoms with van der Waals surface area (Å²) in [5.41, 5.74) is 4.49. The maximum Gasteiger partial charge on any atom is 0.414 e. The number of aryl methyl sites for hydroxylation is 1. The Hall–Kier alpha value is -3.39. The average molecular weight is 492 g/mol. The van der Waals surface area contributed by atoms with Gasteiger partial charge in [-0.1, -0.05) is 36.8 Å². The second-order valence-corrected chi connectivity index (χ2v) is 10.0. The number of aliphatic hydroxyl groups excluding tert-OH is 1. The van der Waals surface area contributed by atoms with Gasteiger partial charge in [0, 0.05) is 17.6 Å². The molecule has 0 spiro atoms. The molecule has 0 saturated heterocycles. The van der Waals surface area contributed by atoms with Crippen LogP contribution in [0.5, 0.6) is 0 Å². The van der Waals surface area contributed by atoms with Gasteiger partial charge < -0.3 is 19.5 Å². The predicted octanol–water partition coefficient (Wildman–Crippen LogP) is 4.88. The van der Waals surface area contributed by atoms with Gasteiger partial charge in [-0.3, -0.25) is 9.69 Å². The quantitative estimate of drug-likeness (QED) is 0.527. The number of carbonyl (C=O) groups excluding carboxylic acids is 1. The Morgan fingerprint density at radius 3 is 2.61 bits per heavy atom. The first-order chi connectivity index (χ1) is 17.4. The average Bonchev–Trinajstić information content (AvgIpc) is 3.28. The van der Waals surface area contributed by atoms with E-state index in [4.69, 9.17) is 9.72 Å². The first kappa shape index (κ1) is 24.3. The molecule has 1 aromatic heterocycles. The number of fused-ring (bicyclic) bond motifs is 3. The summed E-state index contributed by atoms with van der Waals surface area (Å²) in [7, 11) is 1.39. The molecule has 1 fully saturated rings. The number of anilines is 1. The van der Waals surface area contributed by atoms with Crippen LogP contribution in [0, 0.1) is 5.92 Å². The molecule has 4 atom stereocenters. The van der Waals surface area contributed by atoms with Crippen molar-refractivity contribution in [2.24, 2.45) is 5.92 Å². The molecule has 1 aliphatic carbocycles. The van der Waals surface area contributed by atoms with E-state index in [1.807, 2.05) is 49.4 Å². The maximum absolute atomic E-state index is 12.6. The van der Waals surface area contributed by atoms with E-state index in [1.165, 1.54) is 7.11 Å². The van der Waals surface area contributed by atoms with Crippen LogP contribution in [0.1, 0.15) is 67.9 Å². The van der Waals surface area contributed by atoms with Crippen molar-refractivity contribution in [1.82, 2.24) is 9.55 Å². The minimum Gasteiger partial charge on any atom is -0.481 e. The second-order valence-electron chi connectivity index (χ2n) is 10.0. The highest BCUT2D eigenvalue weighted by Crippen LogP contribution is 2.42. The van der Waals surface area contributed by atoms with Crippen LogP contribution in [0.4, 0.5) is 10.5 Å². The molecule has 1 saturated carbocycles. The van der Waals surface area contributed by atoms with Gasteiger partial charge in [-0.2, -0.15) is 0 Å². The van der Waals surface area contributed by atoms with E-state index in [9.17, 15) is 19.8 Å². The number of carboxylic acid groups (broad SMARTS) is 1. The number of hydrogen-bond acceptors (Lipinski definition) is 5. The van der Waals surface area contributed by atoms with Crippen molar-refractivity contribution < 1.29 is 24.5 Å². The van der Waals surface area contributed by atoms with E-state index in [1.54, 1.807) is 4.90 Å². The van der Waals surface area contributed by atoms with E-state index in [0.29, 0.717) is 12.8 Å². The second kappa shape index (κ2) is 9.93. The Labute approximate surface area is 210 Å². The molecular formula is C28H33N3O5. The summed E-state index contributed by atoms with van der Waals surface area (Å²) in [6.07, 6.45) is 4.06. The van der Waals surface area contributed by atoms with E-state index in [0.717, 1.165) is 59.4 Å². The van der Waals surface area contributed by atoms with Crippen molar-refractivity contribution >= 4 is 28.8 Å². The van der Waals surface area contributed by atoms with E-state index < -0.39 is 18.0 Å². The van der Waals surface area contributed by atoms with Crippen LogP contribution in [-0.2, 0) is 16.0 Å². The Kier molecular flexibility index (Phi) is 6.71. The van der Waals surface area contributed by atoms with Crippen LogP contribution in [0.15, 0.2) is 42.5 Å². The number of nitrogens with zero attached hydrogens (tertiary/aromatic N) is 3. The first-order valence-corrected chi connectivity index (χ1v) is 12.7. The fraction of sp³-hybridized carbons (Fsp3) is 0.464. The standard InChI is InChI=1S/C28H33N3O5/c1-17-11-12-21-23(30(17)28(35)36-2)13-14-24-25(21)29-26(22(16-32)18-7-4-3-5-8-18)31(24)20-10-6-9-19(15-20)27(33)34/h3-5,7-8,13-14,17,19-20,22,32H,6,9-12,15-16H2,1-2H3,(H,33,34)/t17-,19+,20+,22-/m0/s1. The lowest BCUT2D eigenvalue weighted by molar-refractivity contribution is -0.143. The number of carboxylic acids is 1. The molecule has 1 aliphatic heterocycles. The number of aliphatic hydroxyl groups is 1.